The molecule has 3 rings (SSSR count). The summed E-state index contributed by atoms with van der Waals surface area (Å²) in [5.74, 6) is 0.299. The summed E-state index contributed by atoms with van der Waals surface area (Å²) in [4.78, 5) is 12.2. The Kier molecular flexibility index (Phi) is 4.02. The van der Waals surface area contributed by atoms with Gasteiger partial charge >= 0.3 is 0 Å². The normalized spacial score (nSPS) is 39.5. The zero-order valence-electron chi connectivity index (χ0n) is 12.5. The van der Waals surface area contributed by atoms with Crippen LogP contribution in [-0.2, 0) is 14.3 Å². The summed E-state index contributed by atoms with van der Waals surface area (Å²) in [6.45, 7) is 4.89. The first-order valence-corrected chi connectivity index (χ1v) is 7.89. The minimum atomic E-state index is -0.518. The maximum atomic E-state index is 12.2. The van der Waals surface area contributed by atoms with Crippen molar-refractivity contribution in [1.82, 2.24) is 10.6 Å². The number of ether oxygens (including phenoxy) is 2. The van der Waals surface area contributed by atoms with Gasteiger partial charge in [-0.15, -0.1) is 0 Å². The van der Waals surface area contributed by atoms with Gasteiger partial charge in [0.1, 0.15) is 6.10 Å². The Labute approximate surface area is 120 Å². The molecule has 1 amide bonds. The number of rotatable bonds is 3. The number of fused-ring (bicyclic) bond motifs is 1. The predicted molar refractivity (Wildman–Crippen MR) is 75.2 cm³/mol. The Balaban J connectivity index is 1.44. The number of carbonyl (C=O) groups is 1. The van der Waals surface area contributed by atoms with Crippen molar-refractivity contribution in [1.29, 1.82) is 0 Å². The van der Waals surface area contributed by atoms with Gasteiger partial charge in [0, 0.05) is 12.6 Å². The fraction of sp³-hybridized carbons (Fsp3) is 0.933. The van der Waals surface area contributed by atoms with Gasteiger partial charge in [-0.2, -0.15) is 0 Å². The van der Waals surface area contributed by atoms with E-state index >= 15 is 0 Å². The molecule has 3 fully saturated rings. The first-order chi connectivity index (χ1) is 9.53. The first kappa shape index (κ1) is 14.3. The highest BCUT2D eigenvalue weighted by atomic mass is 16.7. The lowest BCUT2D eigenvalue weighted by molar-refractivity contribution is -0.139. The molecule has 2 heterocycles. The summed E-state index contributed by atoms with van der Waals surface area (Å²) in [6, 6.07) is 0.544. The molecule has 4 atom stereocenters. The van der Waals surface area contributed by atoms with Crippen LogP contribution in [0.15, 0.2) is 0 Å². The van der Waals surface area contributed by atoms with Crippen LogP contribution in [-0.4, -0.2) is 43.0 Å². The molecule has 0 spiro atoms. The third-order valence-corrected chi connectivity index (χ3v) is 4.75. The SMILES string of the molecule is CC1(C)OCC(CNC(=O)C2CC3CCCCC3N2)O1. The molecule has 0 aromatic carbocycles. The van der Waals surface area contributed by atoms with Gasteiger partial charge in [0.05, 0.1) is 12.6 Å². The molecule has 0 aromatic rings. The molecule has 20 heavy (non-hydrogen) atoms. The fourth-order valence-electron chi connectivity index (χ4n) is 3.72. The molecule has 2 aliphatic heterocycles. The van der Waals surface area contributed by atoms with E-state index in [1.807, 2.05) is 13.8 Å². The standard InChI is InChI=1S/C15H26N2O3/c1-15(2)19-9-11(20-15)8-16-14(18)13-7-10-5-3-4-6-12(10)17-13/h10-13,17H,3-9H2,1-2H3,(H,16,18). The van der Waals surface area contributed by atoms with Gasteiger partial charge in [-0.05, 0) is 39.0 Å². The summed E-state index contributed by atoms with van der Waals surface area (Å²) in [5, 5.41) is 6.51. The lowest BCUT2D eigenvalue weighted by Crippen LogP contribution is -2.45. The molecule has 2 saturated heterocycles. The Bertz CT molecular complexity index is 358. The number of carbonyl (C=O) groups excluding carboxylic acids is 1. The molecule has 1 aliphatic carbocycles. The second-order valence-electron chi connectivity index (χ2n) is 6.80. The average Bonchev–Trinajstić information content (AvgIpc) is 2.99. The van der Waals surface area contributed by atoms with Gasteiger partial charge in [-0.3, -0.25) is 4.79 Å². The van der Waals surface area contributed by atoms with Gasteiger partial charge in [0.2, 0.25) is 5.91 Å². The predicted octanol–water partition coefficient (Wildman–Crippen LogP) is 1.17. The van der Waals surface area contributed by atoms with Crippen LogP contribution < -0.4 is 10.6 Å². The average molecular weight is 282 g/mol. The minimum Gasteiger partial charge on any atom is -0.352 e. The van der Waals surface area contributed by atoms with E-state index in [1.165, 1.54) is 25.7 Å². The van der Waals surface area contributed by atoms with Crippen molar-refractivity contribution in [2.75, 3.05) is 13.2 Å². The summed E-state index contributed by atoms with van der Waals surface area (Å²) < 4.78 is 11.2. The molecule has 3 aliphatic rings. The Morgan fingerprint density at radius 3 is 2.85 bits per heavy atom. The van der Waals surface area contributed by atoms with E-state index < -0.39 is 5.79 Å². The monoisotopic (exact) mass is 282 g/mol. The van der Waals surface area contributed by atoms with Crippen molar-refractivity contribution >= 4 is 5.91 Å². The first-order valence-electron chi connectivity index (χ1n) is 7.89. The van der Waals surface area contributed by atoms with Gasteiger partial charge in [0.15, 0.2) is 5.79 Å². The second kappa shape index (κ2) is 5.62. The van der Waals surface area contributed by atoms with Crippen LogP contribution in [0.1, 0.15) is 46.0 Å². The number of amides is 1. The fourth-order valence-corrected chi connectivity index (χ4v) is 3.72. The van der Waals surface area contributed by atoms with Crippen LogP contribution in [0.25, 0.3) is 0 Å². The van der Waals surface area contributed by atoms with Crippen LogP contribution in [0.2, 0.25) is 0 Å². The molecule has 0 aromatic heterocycles. The van der Waals surface area contributed by atoms with E-state index in [2.05, 4.69) is 10.6 Å². The maximum absolute atomic E-state index is 12.2. The summed E-state index contributed by atoms with van der Waals surface area (Å²) >= 11 is 0. The second-order valence-corrected chi connectivity index (χ2v) is 6.80. The maximum Gasteiger partial charge on any atom is 0.237 e. The van der Waals surface area contributed by atoms with Crippen molar-refractivity contribution in [3.8, 4) is 0 Å². The highest BCUT2D eigenvalue weighted by Crippen LogP contribution is 2.33. The molecule has 0 radical (unpaired) electrons. The summed E-state index contributed by atoms with van der Waals surface area (Å²) in [6.07, 6.45) is 6.07. The summed E-state index contributed by atoms with van der Waals surface area (Å²) in [5.41, 5.74) is 0. The number of hydrogen-bond acceptors (Lipinski definition) is 4. The van der Waals surface area contributed by atoms with E-state index in [0.717, 1.165) is 6.42 Å². The molecule has 114 valence electrons. The van der Waals surface area contributed by atoms with Crippen LogP contribution >= 0.6 is 0 Å². The Morgan fingerprint density at radius 2 is 2.15 bits per heavy atom. The summed E-state index contributed by atoms with van der Waals surface area (Å²) in [7, 11) is 0. The van der Waals surface area contributed by atoms with Crippen LogP contribution in [0.4, 0.5) is 0 Å². The Hall–Kier alpha value is -0.650. The third-order valence-electron chi connectivity index (χ3n) is 4.75. The van der Waals surface area contributed by atoms with Crippen molar-refractivity contribution in [2.45, 2.75) is 69.9 Å². The molecule has 4 unspecified atom stereocenters. The van der Waals surface area contributed by atoms with Crippen molar-refractivity contribution < 1.29 is 14.3 Å². The smallest absolute Gasteiger partial charge is 0.237 e. The lowest BCUT2D eigenvalue weighted by Gasteiger charge is -2.24. The van der Waals surface area contributed by atoms with Crippen molar-refractivity contribution in [2.24, 2.45) is 5.92 Å². The molecule has 0 bridgehead atoms. The highest BCUT2D eigenvalue weighted by molar-refractivity contribution is 5.82. The molecular weight excluding hydrogens is 256 g/mol. The van der Waals surface area contributed by atoms with Crippen LogP contribution in [0, 0.1) is 5.92 Å². The molecule has 2 N–H and O–H groups in total. The van der Waals surface area contributed by atoms with Crippen LogP contribution in [0.5, 0.6) is 0 Å². The number of nitrogens with one attached hydrogen (secondary N) is 2. The third kappa shape index (κ3) is 3.15. The molecule has 5 heteroatoms. The largest absolute Gasteiger partial charge is 0.352 e. The highest BCUT2D eigenvalue weighted by Gasteiger charge is 2.39. The van der Waals surface area contributed by atoms with Gasteiger partial charge < -0.3 is 20.1 Å². The van der Waals surface area contributed by atoms with Gasteiger partial charge in [-0.25, -0.2) is 0 Å². The molecule has 5 nitrogen and oxygen atoms in total. The van der Waals surface area contributed by atoms with Crippen LogP contribution in [0.3, 0.4) is 0 Å². The quantitative estimate of drug-likeness (QED) is 0.816. The van der Waals surface area contributed by atoms with E-state index in [0.29, 0.717) is 25.1 Å². The van der Waals surface area contributed by atoms with E-state index in [1.54, 1.807) is 0 Å². The van der Waals surface area contributed by atoms with Crippen molar-refractivity contribution in [3.63, 3.8) is 0 Å². The topological polar surface area (TPSA) is 59.6 Å². The zero-order valence-corrected chi connectivity index (χ0v) is 12.5. The van der Waals surface area contributed by atoms with Gasteiger partial charge in [0.25, 0.3) is 0 Å². The van der Waals surface area contributed by atoms with E-state index in [-0.39, 0.29) is 18.1 Å². The molecular formula is C15H26N2O3. The zero-order chi connectivity index (χ0) is 14.2. The van der Waals surface area contributed by atoms with E-state index in [9.17, 15) is 4.79 Å². The minimum absolute atomic E-state index is 0.0153. The van der Waals surface area contributed by atoms with E-state index in [4.69, 9.17) is 9.47 Å². The molecule has 1 saturated carbocycles. The Morgan fingerprint density at radius 1 is 1.35 bits per heavy atom. The lowest BCUT2D eigenvalue weighted by atomic mass is 9.85. The number of hydrogen-bond donors (Lipinski definition) is 2. The van der Waals surface area contributed by atoms with Crippen molar-refractivity contribution in [3.05, 3.63) is 0 Å². The van der Waals surface area contributed by atoms with Gasteiger partial charge in [-0.1, -0.05) is 12.8 Å².